The van der Waals surface area contributed by atoms with Gasteiger partial charge in [0, 0.05) is 6.54 Å². The topological polar surface area (TPSA) is 165 Å². The summed E-state index contributed by atoms with van der Waals surface area (Å²) in [6.45, 7) is 0.144. The van der Waals surface area contributed by atoms with Crippen molar-refractivity contribution in [2.75, 3.05) is 18.8 Å². The Bertz CT molecular complexity index is 871. The molecule has 1 amide bonds. The van der Waals surface area contributed by atoms with Crippen LogP contribution in [0.4, 0.5) is 0 Å². The number of rotatable bonds is 7. The first-order valence-electron chi connectivity index (χ1n) is 7.27. The van der Waals surface area contributed by atoms with Gasteiger partial charge in [0.05, 0.1) is 37.2 Å². The smallest absolute Gasteiger partial charge is 0.267 e. The number of halogens is 2. The molecule has 1 aromatic heterocycles. The molecule has 13 heteroatoms. The molecule has 0 radical (unpaired) electrons. The molecule has 1 aliphatic rings. The number of aliphatic imine (C=N–C) groups is 2. The number of hydrogen-bond donors (Lipinski definition) is 4. The fourth-order valence-electron chi connectivity index (χ4n) is 1.95. The van der Waals surface area contributed by atoms with Crippen molar-refractivity contribution < 1.29 is 17.8 Å². The summed E-state index contributed by atoms with van der Waals surface area (Å²) in [6, 6.07) is 1.65. The molecule has 0 aromatic carbocycles. The Labute approximate surface area is 166 Å². The van der Waals surface area contributed by atoms with Crippen LogP contribution in [0, 0.1) is 0 Å². The van der Waals surface area contributed by atoms with Gasteiger partial charge in [0.25, 0.3) is 5.91 Å². The van der Waals surface area contributed by atoms with E-state index < -0.39 is 15.9 Å². The lowest BCUT2D eigenvalue weighted by Gasteiger charge is -2.05. The Morgan fingerprint density at radius 3 is 2.81 bits per heavy atom. The molecule has 5 N–H and O–H groups in total. The number of carbonyl (C=O) groups is 1. The molecule has 0 aliphatic carbocycles. The number of amides is 1. The van der Waals surface area contributed by atoms with Gasteiger partial charge in [0.2, 0.25) is 0 Å². The van der Waals surface area contributed by atoms with Crippen molar-refractivity contribution in [3.63, 3.8) is 0 Å². The second-order valence-electron chi connectivity index (χ2n) is 5.10. The Balaban J connectivity index is 1.88. The molecular weight excluding hydrogens is 496 g/mol. The maximum atomic E-state index is 12.0. The van der Waals surface area contributed by atoms with Crippen LogP contribution in [0.5, 0.6) is 0 Å². The average Bonchev–Trinajstić information content (AvgIpc) is 3.05. The van der Waals surface area contributed by atoms with E-state index in [0.29, 0.717) is 29.0 Å². The Morgan fingerprint density at radius 2 is 2.19 bits per heavy atom. The van der Waals surface area contributed by atoms with E-state index >= 15 is 0 Å². The van der Waals surface area contributed by atoms with Gasteiger partial charge in [-0.25, -0.2) is 8.42 Å². The minimum absolute atomic E-state index is 0.116. The summed E-state index contributed by atoms with van der Waals surface area (Å²) in [5.74, 6) is -0.546. The van der Waals surface area contributed by atoms with Gasteiger partial charge in [-0.05, 0) is 44.3 Å². The highest BCUT2D eigenvalue weighted by molar-refractivity contribution is 9.13. The van der Waals surface area contributed by atoms with E-state index in [1.165, 1.54) is 0 Å². The van der Waals surface area contributed by atoms with E-state index in [1.54, 1.807) is 12.1 Å². The van der Waals surface area contributed by atoms with Crippen LogP contribution in [0.1, 0.15) is 16.9 Å². The van der Waals surface area contributed by atoms with E-state index in [0.717, 1.165) is 4.47 Å². The van der Waals surface area contributed by atoms with Crippen molar-refractivity contribution in [1.82, 2.24) is 15.6 Å². The van der Waals surface area contributed by atoms with Crippen molar-refractivity contribution >= 4 is 59.7 Å². The Hall–Kier alpha value is -1.70. The average molecular weight is 511 g/mol. The molecule has 1 aromatic rings. The van der Waals surface area contributed by atoms with Crippen LogP contribution in [0.25, 0.3) is 0 Å². The van der Waals surface area contributed by atoms with Crippen LogP contribution >= 0.6 is 31.9 Å². The van der Waals surface area contributed by atoms with Gasteiger partial charge >= 0.3 is 0 Å². The molecule has 26 heavy (non-hydrogen) atoms. The normalized spacial score (nSPS) is 17.4. The minimum Gasteiger partial charge on any atom is -0.748 e. The number of guanidine groups is 1. The molecule has 2 rings (SSSR count). The highest BCUT2D eigenvalue weighted by Gasteiger charge is 2.15. The SMILES string of the molecule is NC1=NC(=NCCS(=O)(=O)[O-])/C(=C/CCNC(=O)c2cc(Br)c(Br)[nH]2)N1. The first-order valence-corrected chi connectivity index (χ1v) is 10.4. The number of carbonyl (C=O) groups excluding carboxylic acids is 1. The lowest BCUT2D eigenvalue weighted by atomic mass is 10.3. The van der Waals surface area contributed by atoms with Gasteiger partial charge < -0.3 is 25.9 Å². The summed E-state index contributed by atoms with van der Waals surface area (Å²) in [5, 5.41) is 5.52. The molecular formula is C13H15Br2N6O4S-. The zero-order valence-electron chi connectivity index (χ0n) is 13.3. The van der Waals surface area contributed by atoms with Crippen molar-refractivity contribution in [2.24, 2.45) is 15.7 Å². The number of nitrogens with zero attached hydrogens (tertiary/aromatic N) is 2. The molecule has 142 valence electrons. The number of aromatic amines is 1. The van der Waals surface area contributed by atoms with E-state index in [9.17, 15) is 17.8 Å². The monoisotopic (exact) mass is 509 g/mol. The molecule has 1 aliphatic heterocycles. The van der Waals surface area contributed by atoms with Gasteiger partial charge in [-0.3, -0.25) is 9.79 Å². The number of hydrogen-bond acceptors (Lipinski definition) is 7. The van der Waals surface area contributed by atoms with Crippen LogP contribution in [-0.2, 0) is 10.1 Å². The summed E-state index contributed by atoms with van der Waals surface area (Å²) < 4.78 is 33.2. The van der Waals surface area contributed by atoms with Crippen LogP contribution in [0.3, 0.4) is 0 Å². The lowest BCUT2D eigenvalue weighted by molar-refractivity contribution is 0.0950. The third-order valence-electron chi connectivity index (χ3n) is 3.08. The van der Waals surface area contributed by atoms with Gasteiger partial charge in [0.1, 0.15) is 5.69 Å². The van der Waals surface area contributed by atoms with E-state index in [4.69, 9.17) is 5.73 Å². The maximum Gasteiger partial charge on any atom is 0.267 e. The predicted molar refractivity (Wildman–Crippen MR) is 103 cm³/mol. The van der Waals surface area contributed by atoms with Crippen LogP contribution in [0.15, 0.2) is 36.9 Å². The molecule has 0 saturated heterocycles. The van der Waals surface area contributed by atoms with E-state index in [2.05, 4.69) is 57.5 Å². The zero-order valence-corrected chi connectivity index (χ0v) is 17.2. The molecule has 0 spiro atoms. The highest BCUT2D eigenvalue weighted by Crippen LogP contribution is 2.22. The molecule has 0 fully saturated rings. The maximum absolute atomic E-state index is 12.0. The third kappa shape index (κ3) is 6.23. The summed E-state index contributed by atoms with van der Waals surface area (Å²) >= 11 is 6.55. The second kappa shape index (κ2) is 8.79. The van der Waals surface area contributed by atoms with Crippen molar-refractivity contribution in [3.8, 4) is 0 Å². The quantitative estimate of drug-likeness (QED) is 0.306. The summed E-state index contributed by atoms with van der Waals surface area (Å²) in [6.07, 6.45) is 2.17. The van der Waals surface area contributed by atoms with Gasteiger partial charge in [0.15, 0.2) is 11.8 Å². The fraction of sp³-hybridized carbons (Fsp3) is 0.308. The number of H-pyrrole nitrogens is 1. The van der Waals surface area contributed by atoms with E-state index in [-0.39, 0.29) is 24.2 Å². The van der Waals surface area contributed by atoms with Gasteiger partial charge in [-0.1, -0.05) is 6.08 Å². The lowest BCUT2D eigenvalue weighted by Crippen LogP contribution is -2.27. The molecule has 2 heterocycles. The highest BCUT2D eigenvalue weighted by atomic mass is 79.9. The van der Waals surface area contributed by atoms with E-state index in [1.807, 2.05) is 0 Å². The van der Waals surface area contributed by atoms with Crippen LogP contribution < -0.4 is 16.4 Å². The second-order valence-corrected chi connectivity index (χ2v) is 8.27. The Kier molecular flexibility index (Phi) is 6.97. The largest absolute Gasteiger partial charge is 0.748 e. The van der Waals surface area contributed by atoms with Crippen molar-refractivity contribution in [2.45, 2.75) is 6.42 Å². The van der Waals surface area contributed by atoms with Crippen molar-refractivity contribution in [3.05, 3.63) is 32.6 Å². The first-order chi connectivity index (χ1) is 12.2. The molecule has 0 saturated carbocycles. The fourth-order valence-corrected chi connectivity index (χ4v) is 2.92. The molecule has 10 nitrogen and oxygen atoms in total. The zero-order chi connectivity index (χ0) is 19.3. The summed E-state index contributed by atoms with van der Waals surface area (Å²) in [7, 11) is -4.34. The molecule has 0 bridgehead atoms. The number of amidine groups is 1. The summed E-state index contributed by atoms with van der Waals surface area (Å²) in [4.78, 5) is 22.7. The minimum atomic E-state index is -4.34. The van der Waals surface area contributed by atoms with Crippen molar-refractivity contribution in [1.29, 1.82) is 0 Å². The molecule has 0 unspecified atom stereocenters. The van der Waals surface area contributed by atoms with Crippen LogP contribution in [0.2, 0.25) is 0 Å². The van der Waals surface area contributed by atoms with Crippen LogP contribution in [-0.4, -0.2) is 54.5 Å². The predicted octanol–water partition coefficient (Wildman–Crippen LogP) is 0.405. The molecule has 0 atom stereocenters. The first kappa shape index (κ1) is 20.6. The number of nitrogens with two attached hydrogens (primary N) is 1. The standard InChI is InChI=1S/C13H16Br2N6O4S/c14-7-6-9(19-10(7)15)12(22)18-3-1-2-8-11(21-13(16)20-8)17-4-5-26(23,24)25/h2,6,19H,1,3-5H2,(H,18,22)(H,23,24,25)(H3,16,17,20,21)/p-1/b8-2-. The van der Waals surface area contributed by atoms with Gasteiger partial charge in [-0.15, -0.1) is 0 Å². The summed E-state index contributed by atoms with van der Waals surface area (Å²) in [5.41, 5.74) is 6.47. The number of aromatic nitrogens is 1. The Morgan fingerprint density at radius 1 is 1.46 bits per heavy atom. The third-order valence-corrected chi connectivity index (χ3v) is 5.55. The van der Waals surface area contributed by atoms with Gasteiger partial charge in [-0.2, -0.15) is 4.99 Å². The number of nitrogens with one attached hydrogen (secondary N) is 3.